The van der Waals surface area contributed by atoms with Crippen LogP contribution in [-0.2, 0) is 17.6 Å². The molecule has 1 saturated heterocycles. The van der Waals surface area contributed by atoms with Crippen LogP contribution in [-0.4, -0.2) is 30.2 Å². The first-order chi connectivity index (χ1) is 13.7. The Morgan fingerprint density at radius 2 is 1.79 bits per heavy atom. The maximum Gasteiger partial charge on any atom is 0.223 e. The average molecular weight is 377 g/mol. The molecule has 1 aliphatic heterocycles. The Kier molecular flexibility index (Phi) is 5.47. The molecule has 4 heteroatoms. The summed E-state index contributed by atoms with van der Waals surface area (Å²) in [7, 11) is 1.65. The molecule has 1 fully saturated rings. The number of hydrogen-bond acceptors (Lipinski definition) is 3. The van der Waals surface area contributed by atoms with Gasteiger partial charge in [0.2, 0.25) is 5.91 Å². The highest BCUT2D eigenvalue weighted by molar-refractivity contribution is 5.98. The van der Waals surface area contributed by atoms with E-state index >= 15 is 0 Å². The quantitative estimate of drug-likeness (QED) is 0.696. The highest BCUT2D eigenvalue weighted by atomic mass is 16.5. The third-order valence-corrected chi connectivity index (χ3v) is 6.06. The van der Waals surface area contributed by atoms with Crippen molar-refractivity contribution in [2.75, 3.05) is 13.7 Å². The van der Waals surface area contributed by atoms with Crippen LogP contribution in [0.1, 0.15) is 65.2 Å². The van der Waals surface area contributed by atoms with Gasteiger partial charge in [-0.2, -0.15) is 0 Å². The molecular weight excluding hydrogens is 350 g/mol. The van der Waals surface area contributed by atoms with E-state index in [1.807, 2.05) is 41.3 Å². The molecule has 0 N–H and O–H groups in total. The molecule has 0 saturated carbocycles. The van der Waals surface area contributed by atoms with Gasteiger partial charge in [-0.25, -0.2) is 0 Å². The number of carbonyl (C=O) groups is 2. The molecule has 0 spiro atoms. The summed E-state index contributed by atoms with van der Waals surface area (Å²) in [6.45, 7) is 0.766. The Morgan fingerprint density at radius 1 is 1.00 bits per heavy atom. The lowest BCUT2D eigenvalue weighted by Crippen LogP contribution is -2.30. The van der Waals surface area contributed by atoms with Crippen molar-refractivity contribution in [2.24, 2.45) is 0 Å². The maximum atomic E-state index is 12.8. The predicted molar refractivity (Wildman–Crippen MR) is 109 cm³/mol. The van der Waals surface area contributed by atoms with Gasteiger partial charge in [0.15, 0.2) is 5.78 Å². The van der Waals surface area contributed by atoms with E-state index in [2.05, 4.69) is 6.07 Å². The van der Waals surface area contributed by atoms with Crippen LogP contribution in [0.5, 0.6) is 5.75 Å². The summed E-state index contributed by atoms with van der Waals surface area (Å²) < 4.78 is 5.22. The van der Waals surface area contributed by atoms with E-state index in [0.29, 0.717) is 0 Å². The molecule has 4 rings (SSSR count). The molecule has 2 aliphatic rings. The van der Waals surface area contributed by atoms with Gasteiger partial charge < -0.3 is 9.64 Å². The molecule has 0 aromatic heterocycles. The third-order valence-electron chi connectivity index (χ3n) is 6.06. The van der Waals surface area contributed by atoms with Gasteiger partial charge >= 0.3 is 0 Å². The smallest absolute Gasteiger partial charge is 0.223 e. The topological polar surface area (TPSA) is 46.6 Å². The summed E-state index contributed by atoms with van der Waals surface area (Å²) >= 11 is 0. The fourth-order valence-corrected chi connectivity index (χ4v) is 4.49. The highest BCUT2D eigenvalue weighted by Crippen LogP contribution is 2.33. The number of aryl methyl sites for hydroxylation is 2. The number of Topliss-reactive ketones (excluding diaryl/α,β-unsaturated/α-hetero) is 1. The summed E-state index contributed by atoms with van der Waals surface area (Å²) in [6, 6.07) is 14.1. The van der Waals surface area contributed by atoms with Gasteiger partial charge in [0, 0.05) is 24.9 Å². The lowest BCUT2D eigenvalue weighted by Gasteiger charge is -2.25. The molecule has 1 amide bonds. The Hall–Kier alpha value is -2.62. The van der Waals surface area contributed by atoms with E-state index in [1.54, 1.807) is 7.11 Å². The van der Waals surface area contributed by atoms with Crippen LogP contribution in [0, 0.1) is 0 Å². The first kappa shape index (κ1) is 18.7. The lowest BCUT2D eigenvalue weighted by molar-refractivity contribution is -0.132. The van der Waals surface area contributed by atoms with Gasteiger partial charge in [0.05, 0.1) is 13.2 Å². The van der Waals surface area contributed by atoms with Crippen molar-refractivity contribution in [3.63, 3.8) is 0 Å². The van der Waals surface area contributed by atoms with Crippen molar-refractivity contribution in [2.45, 2.75) is 51.0 Å². The number of nitrogens with zero attached hydrogens (tertiary/aromatic N) is 1. The van der Waals surface area contributed by atoms with Gasteiger partial charge in [0.25, 0.3) is 0 Å². The zero-order valence-electron chi connectivity index (χ0n) is 16.4. The van der Waals surface area contributed by atoms with Gasteiger partial charge in [-0.05, 0) is 67.0 Å². The van der Waals surface area contributed by atoms with Crippen molar-refractivity contribution in [1.82, 2.24) is 4.90 Å². The monoisotopic (exact) mass is 377 g/mol. The lowest BCUT2D eigenvalue weighted by atomic mass is 10.0. The summed E-state index contributed by atoms with van der Waals surface area (Å²) in [4.78, 5) is 27.4. The van der Waals surface area contributed by atoms with E-state index in [9.17, 15) is 9.59 Å². The number of hydrogen-bond donors (Lipinski definition) is 0. The first-order valence-corrected chi connectivity index (χ1v) is 10.2. The minimum absolute atomic E-state index is 0.0724. The molecule has 1 heterocycles. The molecule has 1 aliphatic carbocycles. The van der Waals surface area contributed by atoms with Crippen LogP contribution in [0.25, 0.3) is 0 Å². The molecule has 4 nitrogen and oxygen atoms in total. The molecule has 1 atom stereocenters. The average Bonchev–Trinajstić information content (AvgIpc) is 3.40. The summed E-state index contributed by atoms with van der Waals surface area (Å²) in [5, 5.41) is 0. The fourth-order valence-electron chi connectivity index (χ4n) is 4.49. The largest absolute Gasteiger partial charge is 0.497 e. The number of fused-ring (bicyclic) bond motifs is 1. The molecule has 146 valence electrons. The molecule has 28 heavy (non-hydrogen) atoms. The van der Waals surface area contributed by atoms with Crippen molar-refractivity contribution in [3.8, 4) is 5.75 Å². The number of benzene rings is 2. The van der Waals surface area contributed by atoms with Crippen molar-refractivity contribution < 1.29 is 14.3 Å². The van der Waals surface area contributed by atoms with Crippen molar-refractivity contribution in [1.29, 1.82) is 0 Å². The number of ketones is 1. The third kappa shape index (κ3) is 3.82. The zero-order valence-corrected chi connectivity index (χ0v) is 16.4. The van der Waals surface area contributed by atoms with E-state index in [0.717, 1.165) is 49.1 Å². The van der Waals surface area contributed by atoms with Crippen LogP contribution in [0.4, 0.5) is 0 Å². The van der Waals surface area contributed by atoms with Crippen molar-refractivity contribution in [3.05, 3.63) is 64.7 Å². The Bertz CT molecular complexity index is 872. The van der Waals surface area contributed by atoms with E-state index in [4.69, 9.17) is 4.74 Å². The predicted octanol–water partition coefficient (Wildman–Crippen LogP) is 4.51. The Labute approximate surface area is 166 Å². The number of likely N-dealkylation sites (tertiary alicyclic amines) is 1. The minimum atomic E-state index is 0.0724. The number of ether oxygens (including phenoxy) is 1. The minimum Gasteiger partial charge on any atom is -0.497 e. The standard InChI is InChI=1S/C24H27NO3/c1-28-21-11-9-18(10-12-21)22-6-3-15-25(22)24(27)14-13-23(26)20-8-7-17-4-2-5-19(17)16-20/h7-12,16,22H,2-6,13-15H2,1H3/t22-/m1/s1. The second-order valence-corrected chi connectivity index (χ2v) is 7.78. The second kappa shape index (κ2) is 8.17. The Morgan fingerprint density at radius 3 is 2.57 bits per heavy atom. The van der Waals surface area contributed by atoms with Gasteiger partial charge in [-0.15, -0.1) is 0 Å². The number of methoxy groups -OCH3 is 1. The Balaban J connectivity index is 1.37. The van der Waals surface area contributed by atoms with E-state index in [1.165, 1.54) is 17.5 Å². The highest BCUT2D eigenvalue weighted by Gasteiger charge is 2.30. The molecular formula is C24H27NO3. The summed E-state index contributed by atoms with van der Waals surface area (Å²) in [5.74, 6) is 0.968. The molecule has 0 bridgehead atoms. The SMILES string of the molecule is COc1ccc([C@H]2CCCN2C(=O)CCC(=O)c2ccc3c(c2)CCC3)cc1. The number of amides is 1. The molecule has 0 unspecified atom stereocenters. The van der Waals surface area contributed by atoms with Gasteiger partial charge in [-0.3, -0.25) is 9.59 Å². The molecule has 2 aromatic rings. The van der Waals surface area contributed by atoms with Crippen molar-refractivity contribution >= 4 is 11.7 Å². The number of carbonyl (C=O) groups excluding carboxylic acids is 2. The number of rotatable bonds is 6. The van der Waals surface area contributed by atoms with Crippen LogP contribution < -0.4 is 4.74 Å². The summed E-state index contributed by atoms with van der Waals surface area (Å²) in [6.07, 6.45) is 5.88. The molecule has 2 aromatic carbocycles. The maximum absolute atomic E-state index is 12.8. The fraction of sp³-hybridized carbons (Fsp3) is 0.417. The van der Waals surface area contributed by atoms with Crippen LogP contribution in [0.2, 0.25) is 0 Å². The summed E-state index contributed by atoms with van der Waals surface area (Å²) in [5.41, 5.74) is 4.56. The van der Waals surface area contributed by atoms with Gasteiger partial charge in [-0.1, -0.05) is 24.3 Å². The zero-order chi connectivity index (χ0) is 19.5. The molecule has 0 radical (unpaired) electrons. The normalized spacial score (nSPS) is 18.2. The van der Waals surface area contributed by atoms with Crippen LogP contribution >= 0.6 is 0 Å². The second-order valence-electron chi connectivity index (χ2n) is 7.78. The van der Waals surface area contributed by atoms with Crippen LogP contribution in [0.15, 0.2) is 42.5 Å². The van der Waals surface area contributed by atoms with Gasteiger partial charge in [0.1, 0.15) is 5.75 Å². The van der Waals surface area contributed by atoms with E-state index in [-0.39, 0.29) is 30.6 Å². The van der Waals surface area contributed by atoms with E-state index < -0.39 is 0 Å². The van der Waals surface area contributed by atoms with Crippen LogP contribution in [0.3, 0.4) is 0 Å². The first-order valence-electron chi connectivity index (χ1n) is 10.2.